The van der Waals surface area contributed by atoms with Gasteiger partial charge in [0.25, 0.3) is 5.91 Å². The summed E-state index contributed by atoms with van der Waals surface area (Å²) >= 11 is 6.05. The van der Waals surface area contributed by atoms with Gasteiger partial charge in [-0.15, -0.1) is 0 Å². The minimum atomic E-state index is -0.649. The summed E-state index contributed by atoms with van der Waals surface area (Å²) in [5.41, 5.74) is 1.71. The highest BCUT2D eigenvalue weighted by Gasteiger charge is 2.42. The highest BCUT2D eigenvalue weighted by atomic mass is 35.5. The van der Waals surface area contributed by atoms with Gasteiger partial charge in [-0.25, -0.2) is 0 Å². The smallest absolute Gasteiger partial charge is 0.290 e. The second-order valence-corrected chi connectivity index (χ2v) is 8.14. The van der Waals surface area contributed by atoms with Crippen LogP contribution in [-0.4, -0.2) is 52.8 Å². The largest absolute Gasteiger partial charge is 0.503 e. The minimum Gasteiger partial charge on any atom is -0.503 e. The summed E-state index contributed by atoms with van der Waals surface area (Å²) in [6, 6.07) is 15.8. The SMILES string of the molecule is CCN(CC)CCCN1C(=O)C(O)=C(C(=O)C=Cc2ccccc2)C1c1ccc(Cl)cc1. The predicted molar refractivity (Wildman–Crippen MR) is 128 cm³/mol. The fourth-order valence-corrected chi connectivity index (χ4v) is 4.08. The van der Waals surface area contributed by atoms with Crippen molar-refractivity contribution in [2.24, 2.45) is 0 Å². The molecule has 1 heterocycles. The van der Waals surface area contributed by atoms with E-state index in [1.54, 1.807) is 35.2 Å². The third kappa shape index (κ3) is 5.47. The first-order valence-electron chi connectivity index (χ1n) is 11.0. The average molecular weight is 453 g/mol. The zero-order chi connectivity index (χ0) is 23.1. The Morgan fingerprint density at radius 2 is 1.75 bits per heavy atom. The molecule has 0 spiro atoms. The zero-order valence-corrected chi connectivity index (χ0v) is 19.3. The second-order valence-electron chi connectivity index (χ2n) is 7.70. The molecule has 0 fully saturated rings. The molecule has 1 aliphatic heterocycles. The van der Waals surface area contributed by atoms with Crippen molar-refractivity contribution in [1.29, 1.82) is 0 Å². The van der Waals surface area contributed by atoms with Crippen LogP contribution < -0.4 is 0 Å². The minimum absolute atomic E-state index is 0.104. The number of benzene rings is 2. The van der Waals surface area contributed by atoms with E-state index in [1.165, 1.54) is 6.08 Å². The van der Waals surface area contributed by atoms with Crippen molar-refractivity contribution < 1.29 is 14.7 Å². The summed E-state index contributed by atoms with van der Waals surface area (Å²) in [6.07, 6.45) is 3.84. The monoisotopic (exact) mass is 452 g/mol. The van der Waals surface area contributed by atoms with E-state index in [0.29, 0.717) is 11.6 Å². The number of halogens is 1. The Morgan fingerprint density at radius 3 is 2.38 bits per heavy atom. The molecule has 6 heteroatoms. The van der Waals surface area contributed by atoms with Crippen LogP contribution in [0.4, 0.5) is 0 Å². The molecule has 0 aromatic heterocycles. The third-order valence-electron chi connectivity index (χ3n) is 5.75. The van der Waals surface area contributed by atoms with E-state index in [9.17, 15) is 14.7 Å². The van der Waals surface area contributed by atoms with Crippen molar-refractivity contribution in [3.63, 3.8) is 0 Å². The topological polar surface area (TPSA) is 60.9 Å². The molecular formula is C26H29ClN2O3. The van der Waals surface area contributed by atoms with Crippen LogP contribution in [0.2, 0.25) is 5.02 Å². The summed E-state index contributed by atoms with van der Waals surface area (Å²) in [6.45, 7) is 7.34. The summed E-state index contributed by atoms with van der Waals surface area (Å²) in [5, 5.41) is 11.2. The molecule has 1 N–H and O–H groups in total. The Morgan fingerprint density at radius 1 is 1.09 bits per heavy atom. The molecule has 168 valence electrons. The maximum atomic E-state index is 13.1. The molecule has 32 heavy (non-hydrogen) atoms. The maximum absolute atomic E-state index is 13.1. The van der Waals surface area contributed by atoms with Gasteiger partial charge in [0, 0.05) is 11.6 Å². The highest BCUT2D eigenvalue weighted by molar-refractivity contribution is 6.30. The lowest BCUT2D eigenvalue weighted by Gasteiger charge is -2.28. The van der Waals surface area contributed by atoms with E-state index in [4.69, 9.17) is 11.6 Å². The van der Waals surface area contributed by atoms with Gasteiger partial charge in [-0.2, -0.15) is 0 Å². The molecule has 0 aliphatic carbocycles. The first-order valence-corrected chi connectivity index (χ1v) is 11.3. The van der Waals surface area contributed by atoms with Gasteiger partial charge >= 0.3 is 0 Å². The van der Waals surface area contributed by atoms with Crippen molar-refractivity contribution in [1.82, 2.24) is 9.80 Å². The lowest BCUT2D eigenvalue weighted by molar-refractivity contribution is -0.129. The molecule has 5 nitrogen and oxygen atoms in total. The maximum Gasteiger partial charge on any atom is 0.290 e. The molecule has 0 saturated heterocycles. The van der Waals surface area contributed by atoms with Gasteiger partial charge in [0.1, 0.15) is 0 Å². The van der Waals surface area contributed by atoms with E-state index in [0.717, 1.165) is 37.2 Å². The quantitative estimate of drug-likeness (QED) is 0.512. The van der Waals surface area contributed by atoms with E-state index >= 15 is 0 Å². The van der Waals surface area contributed by atoms with Gasteiger partial charge in [-0.3, -0.25) is 9.59 Å². The number of aliphatic hydroxyl groups excluding tert-OH is 1. The van der Waals surface area contributed by atoms with E-state index in [-0.39, 0.29) is 11.4 Å². The van der Waals surface area contributed by atoms with Crippen LogP contribution in [0.1, 0.15) is 37.4 Å². The lowest BCUT2D eigenvalue weighted by atomic mass is 9.95. The van der Waals surface area contributed by atoms with Crippen LogP contribution in [0, 0.1) is 0 Å². The number of allylic oxidation sites excluding steroid dienone is 1. The van der Waals surface area contributed by atoms with E-state index < -0.39 is 17.7 Å². The van der Waals surface area contributed by atoms with E-state index in [2.05, 4.69) is 18.7 Å². The molecular weight excluding hydrogens is 424 g/mol. The Balaban J connectivity index is 1.89. The summed E-state index contributed by atoms with van der Waals surface area (Å²) in [4.78, 5) is 30.0. The number of carbonyl (C=O) groups is 2. The van der Waals surface area contributed by atoms with Crippen molar-refractivity contribution in [2.75, 3.05) is 26.2 Å². The van der Waals surface area contributed by atoms with Gasteiger partial charge in [-0.05, 0) is 55.4 Å². The molecule has 2 aromatic rings. The van der Waals surface area contributed by atoms with Crippen molar-refractivity contribution in [2.45, 2.75) is 26.3 Å². The first-order chi connectivity index (χ1) is 15.5. The van der Waals surface area contributed by atoms with Crippen LogP contribution in [-0.2, 0) is 9.59 Å². The third-order valence-corrected chi connectivity index (χ3v) is 6.00. The van der Waals surface area contributed by atoms with Crippen LogP contribution in [0.5, 0.6) is 0 Å². The number of carbonyl (C=O) groups excluding carboxylic acids is 2. The molecule has 3 rings (SSSR count). The van der Waals surface area contributed by atoms with Crippen molar-refractivity contribution in [3.05, 3.63) is 88.2 Å². The molecule has 1 amide bonds. The molecule has 0 bridgehead atoms. The number of rotatable bonds is 10. The van der Waals surface area contributed by atoms with Crippen LogP contribution >= 0.6 is 11.6 Å². The Hall–Kier alpha value is -2.89. The number of hydrogen-bond donors (Lipinski definition) is 1. The Kier molecular flexibility index (Phi) is 8.26. The standard InChI is InChI=1S/C26H29ClN2O3/c1-3-28(4-2)17-8-18-29-24(20-12-14-21(27)15-13-20)23(25(31)26(29)32)22(30)16-11-19-9-6-5-7-10-19/h5-7,9-16,24,31H,3-4,8,17-18H2,1-2H3. The number of amides is 1. The number of hydrogen-bond acceptors (Lipinski definition) is 4. The van der Waals surface area contributed by atoms with Gasteiger partial charge in [0.15, 0.2) is 11.5 Å². The van der Waals surface area contributed by atoms with Gasteiger partial charge < -0.3 is 14.9 Å². The summed E-state index contributed by atoms with van der Waals surface area (Å²) in [7, 11) is 0. The highest BCUT2D eigenvalue weighted by Crippen LogP contribution is 2.38. The normalized spacial score (nSPS) is 16.6. The second kappa shape index (κ2) is 11.1. The molecule has 0 radical (unpaired) electrons. The summed E-state index contributed by atoms with van der Waals surface area (Å²) in [5.74, 6) is -1.37. The Labute approximate surface area is 194 Å². The number of nitrogens with zero attached hydrogens (tertiary/aromatic N) is 2. The number of ketones is 1. The van der Waals surface area contributed by atoms with Crippen molar-refractivity contribution >= 4 is 29.4 Å². The molecule has 0 saturated carbocycles. The number of aliphatic hydroxyl groups is 1. The first kappa shape index (κ1) is 23.8. The summed E-state index contributed by atoms with van der Waals surface area (Å²) < 4.78 is 0. The van der Waals surface area contributed by atoms with Crippen LogP contribution in [0.15, 0.2) is 72.0 Å². The fraction of sp³-hybridized carbons (Fsp3) is 0.308. The van der Waals surface area contributed by atoms with Gasteiger partial charge in [-0.1, -0.05) is 74.0 Å². The lowest BCUT2D eigenvalue weighted by Crippen LogP contribution is -2.34. The predicted octanol–water partition coefficient (Wildman–Crippen LogP) is 5.05. The van der Waals surface area contributed by atoms with Crippen molar-refractivity contribution in [3.8, 4) is 0 Å². The van der Waals surface area contributed by atoms with Crippen LogP contribution in [0.3, 0.4) is 0 Å². The molecule has 1 aliphatic rings. The van der Waals surface area contributed by atoms with Crippen LogP contribution in [0.25, 0.3) is 6.08 Å². The molecule has 1 atom stereocenters. The molecule has 1 unspecified atom stereocenters. The van der Waals surface area contributed by atoms with Gasteiger partial charge in [0.05, 0.1) is 11.6 Å². The molecule has 2 aromatic carbocycles. The average Bonchev–Trinajstić information content (AvgIpc) is 3.06. The van der Waals surface area contributed by atoms with Gasteiger partial charge in [0.2, 0.25) is 0 Å². The zero-order valence-electron chi connectivity index (χ0n) is 18.5. The van der Waals surface area contributed by atoms with E-state index in [1.807, 2.05) is 30.3 Å². The Bertz CT molecular complexity index is 995. The fourth-order valence-electron chi connectivity index (χ4n) is 3.96.